The zero-order valence-corrected chi connectivity index (χ0v) is 22.9. The van der Waals surface area contributed by atoms with Crippen LogP contribution in [-0.2, 0) is 24.3 Å². The molecule has 0 aliphatic carbocycles. The number of nitrogens with one attached hydrogen (secondary N) is 1. The molecule has 0 fully saturated rings. The molecule has 0 saturated carbocycles. The van der Waals surface area contributed by atoms with Gasteiger partial charge in [0.05, 0.1) is 24.6 Å². The molecule has 0 saturated heterocycles. The van der Waals surface area contributed by atoms with Crippen molar-refractivity contribution in [2.24, 2.45) is 0 Å². The molecule has 0 unspecified atom stereocenters. The van der Waals surface area contributed by atoms with Gasteiger partial charge in [-0.05, 0) is 81.1 Å². The number of fused-ring (bicyclic) bond motifs is 1. The molecule has 0 atom stereocenters. The van der Waals surface area contributed by atoms with Gasteiger partial charge in [0, 0.05) is 12.1 Å². The number of carbonyl (C=O) groups is 1. The molecule has 202 valence electrons. The third kappa shape index (κ3) is 5.81. The lowest BCUT2D eigenvalue weighted by atomic mass is 9.99. The Bertz CT molecular complexity index is 1480. The van der Waals surface area contributed by atoms with Gasteiger partial charge in [-0.1, -0.05) is 36.4 Å². The number of para-hydroxylation sites is 1. The van der Waals surface area contributed by atoms with Gasteiger partial charge < -0.3 is 19.5 Å². The summed E-state index contributed by atoms with van der Waals surface area (Å²) in [5, 5.41) is 7.84. The number of hydrogen-bond acceptors (Lipinski definition) is 7. The van der Waals surface area contributed by atoms with Gasteiger partial charge in [0.15, 0.2) is 5.82 Å². The van der Waals surface area contributed by atoms with E-state index in [1.165, 1.54) is 22.0 Å². The molecule has 3 heterocycles. The lowest BCUT2D eigenvalue weighted by Gasteiger charge is -2.19. The van der Waals surface area contributed by atoms with Crippen molar-refractivity contribution in [2.45, 2.75) is 53.4 Å². The van der Waals surface area contributed by atoms with Crippen molar-refractivity contribution in [3.8, 4) is 28.7 Å². The van der Waals surface area contributed by atoms with E-state index in [-0.39, 0.29) is 18.3 Å². The van der Waals surface area contributed by atoms with Crippen LogP contribution in [-0.4, -0.2) is 40.0 Å². The van der Waals surface area contributed by atoms with Crippen LogP contribution in [0.4, 0.5) is 0 Å². The maximum absolute atomic E-state index is 12.5. The van der Waals surface area contributed by atoms with Gasteiger partial charge in [-0.25, -0.2) is 9.78 Å². The Morgan fingerprint density at radius 1 is 1.10 bits per heavy atom. The second kappa shape index (κ2) is 11.7. The van der Waals surface area contributed by atoms with Crippen LogP contribution in [0.3, 0.4) is 0 Å². The highest BCUT2D eigenvalue weighted by atomic mass is 16.5. The molecule has 0 amide bonds. The predicted octanol–water partition coefficient (Wildman–Crippen LogP) is 5.43. The van der Waals surface area contributed by atoms with Crippen LogP contribution < -0.4 is 14.8 Å². The Kier molecular flexibility index (Phi) is 7.93. The molecule has 39 heavy (non-hydrogen) atoms. The van der Waals surface area contributed by atoms with Crippen molar-refractivity contribution in [3.05, 3.63) is 88.6 Å². The molecular weight excluding hydrogens is 492 g/mol. The van der Waals surface area contributed by atoms with E-state index in [1.54, 1.807) is 6.92 Å². The number of rotatable bonds is 9. The number of esters is 1. The molecule has 2 aromatic carbocycles. The lowest BCUT2D eigenvalue weighted by molar-refractivity contribution is 0.0519. The van der Waals surface area contributed by atoms with Crippen molar-refractivity contribution in [2.75, 3.05) is 13.2 Å². The van der Waals surface area contributed by atoms with Gasteiger partial charge in [-0.2, -0.15) is 9.78 Å². The fourth-order valence-corrected chi connectivity index (χ4v) is 4.70. The summed E-state index contributed by atoms with van der Waals surface area (Å²) >= 11 is 0. The van der Waals surface area contributed by atoms with Gasteiger partial charge >= 0.3 is 5.97 Å². The van der Waals surface area contributed by atoms with Crippen LogP contribution in [0.1, 0.15) is 53.4 Å². The smallest absolute Gasteiger partial charge is 0.345 e. The van der Waals surface area contributed by atoms with E-state index in [1.807, 2.05) is 57.2 Å². The molecule has 1 aliphatic rings. The van der Waals surface area contributed by atoms with Crippen LogP contribution in [0, 0.1) is 6.92 Å². The summed E-state index contributed by atoms with van der Waals surface area (Å²) in [5.74, 6) is 1.13. The van der Waals surface area contributed by atoms with Crippen LogP contribution in [0.15, 0.2) is 60.8 Å². The zero-order valence-electron chi connectivity index (χ0n) is 22.9. The Labute approximate surface area is 228 Å². The maximum Gasteiger partial charge on any atom is 0.345 e. The summed E-state index contributed by atoms with van der Waals surface area (Å²) in [6, 6.07) is 18.3. The summed E-state index contributed by atoms with van der Waals surface area (Å²) in [5.41, 5.74) is 6.77. The van der Waals surface area contributed by atoms with E-state index in [9.17, 15) is 4.79 Å². The number of pyridine rings is 1. The number of hydrogen-bond donors (Lipinski definition) is 1. The molecule has 1 aliphatic heterocycles. The highest BCUT2D eigenvalue weighted by molar-refractivity contribution is 5.92. The summed E-state index contributed by atoms with van der Waals surface area (Å²) in [6.45, 7) is 10.2. The first kappa shape index (κ1) is 26.4. The minimum Gasteiger partial charge on any atom is -0.488 e. The molecule has 2 aromatic heterocycles. The number of ether oxygens (including phenoxy) is 3. The average Bonchev–Trinajstić information content (AvgIpc) is 3.35. The summed E-state index contributed by atoms with van der Waals surface area (Å²) in [7, 11) is 0. The molecule has 0 spiro atoms. The van der Waals surface area contributed by atoms with Crippen molar-refractivity contribution in [1.82, 2.24) is 20.1 Å². The zero-order chi connectivity index (χ0) is 27.4. The first-order chi connectivity index (χ1) is 18.9. The van der Waals surface area contributed by atoms with Crippen molar-refractivity contribution in [3.63, 3.8) is 0 Å². The second-order valence-electron chi connectivity index (χ2n) is 9.81. The highest BCUT2D eigenvalue weighted by Crippen LogP contribution is 2.34. The number of benzene rings is 2. The third-order valence-corrected chi connectivity index (χ3v) is 6.55. The van der Waals surface area contributed by atoms with E-state index in [2.05, 4.69) is 28.6 Å². The fraction of sp³-hybridized carbons (Fsp3) is 0.323. The highest BCUT2D eigenvalue weighted by Gasteiger charge is 2.23. The van der Waals surface area contributed by atoms with E-state index < -0.39 is 5.97 Å². The van der Waals surface area contributed by atoms with Gasteiger partial charge in [-0.15, -0.1) is 0 Å². The maximum atomic E-state index is 12.5. The van der Waals surface area contributed by atoms with Crippen LogP contribution in [0.25, 0.3) is 17.1 Å². The third-order valence-electron chi connectivity index (χ3n) is 6.55. The molecule has 8 heteroatoms. The van der Waals surface area contributed by atoms with Crippen molar-refractivity contribution in [1.29, 1.82) is 0 Å². The summed E-state index contributed by atoms with van der Waals surface area (Å²) in [6.07, 6.45) is 2.32. The average molecular weight is 527 g/mol. The molecule has 4 aromatic rings. The quantitative estimate of drug-likeness (QED) is 0.291. The monoisotopic (exact) mass is 526 g/mol. The minimum absolute atomic E-state index is 0.173. The number of carbonyl (C=O) groups excluding carboxylic acids is 1. The normalized spacial score (nSPS) is 12.7. The largest absolute Gasteiger partial charge is 0.488 e. The fourth-order valence-electron chi connectivity index (χ4n) is 4.70. The minimum atomic E-state index is -0.483. The van der Waals surface area contributed by atoms with Gasteiger partial charge in [-0.3, -0.25) is 0 Å². The van der Waals surface area contributed by atoms with Crippen molar-refractivity contribution < 1.29 is 19.0 Å². The molecular formula is C31H34N4O4. The number of nitrogens with zero attached hydrogens (tertiary/aromatic N) is 3. The van der Waals surface area contributed by atoms with E-state index in [4.69, 9.17) is 19.2 Å². The van der Waals surface area contributed by atoms with Crippen LogP contribution in [0.5, 0.6) is 11.6 Å². The van der Waals surface area contributed by atoms with Crippen LogP contribution >= 0.6 is 0 Å². The first-order valence-electron chi connectivity index (χ1n) is 13.4. The lowest BCUT2D eigenvalue weighted by Crippen LogP contribution is -2.23. The van der Waals surface area contributed by atoms with E-state index >= 15 is 0 Å². The van der Waals surface area contributed by atoms with E-state index in [0.717, 1.165) is 47.6 Å². The predicted molar refractivity (Wildman–Crippen MR) is 149 cm³/mol. The molecule has 1 N–H and O–H groups in total. The molecule has 0 radical (unpaired) electrons. The molecule has 8 nitrogen and oxygen atoms in total. The first-order valence-corrected chi connectivity index (χ1v) is 13.4. The standard InChI is InChI=1S/C31H34N4O4/c1-5-37-31(36)26-18-33-35(30(26)39-20(2)3)28-11-7-10-27(34-28)25-9-6-8-21(4)29(25)38-19-22-12-13-24-17-32-15-14-23(24)16-22/h6-13,16,18,20,32H,5,14-15,17,19H2,1-4H3. The summed E-state index contributed by atoms with van der Waals surface area (Å²) < 4.78 is 19.1. The Balaban J connectivity index is 1.46. The van der Waals surface area contributed by atoms with E-state index in [0.29, 0.717) is 18.3 Å². The van der Waals surface area contributed by atoms with Gasteiger partial charge in [0.1, 0.15) is 17.9 Å². The second-order valence-corrected chi connectivity index (χ2v) is 9.81. The van der Waals surface area contributed by atoms with Crippen LogP contribution in [0.2, 0.25) is 0 Å². The van der Waals surface area contributed by atoms with Crippen molar-refractivity contribution >= 4 is 5.97 Å². The number of aryl methyl sites for hydroxylation is 1. The topological polar surface area (TPSA) is 87.5 Å². The van der Waals surface area contributed by atoms with Gasteiger partial charge in [0.25, 0.3) is 0 Å². The molecule has 0 bridgehead atoms. The Morgan fingerprint density at radius 2 is 1.95 bits per heavy atom. The Hall–Kier alpha value is -4.17. The number of aromatic nitrogens is 3. The SMILES string of the molecule is CCOC(=O)c1cnn(-c2cccc(-c3cccc(C)c3OCc3ccc4c(c3)CCNC4)n2)c1OC(C)C. The Morgan fingerprint density at radius 3 is 2.77 bits per heavy atom. The molecule has 5 rings (SSSR count). The van der Waals surface area contributed by atoms with Gasteiger partial charge in [0.2, 0.25) is 5.88 Å². The summed E-state index contributed by atoms with van der Waals surface area (Å²) in [4.78, 5) is 17.4.